The summed E-state index contributed by atoms with van der Waals surface area (Å²) in [6.45, 7) is 0. The number of rotatable bonds is 3. The van der Waals surface area contributed by atoms with Crippen molar-refractivity contribution < 1.29 is 4.74 Å². The first-order valence-corrected chi connectivity index (χ1v) is 7.39. The van der Waals surface area contributed by atoms with Gasteiger partial charge in [-0.05, 0) is 12.1 Å². The molecule has 0 aliphatic heterocycles. The standard InChI is InChI=1S/C17H15N5O2/c1-21-9-13(7-19-21)12-5-15(24-2)17-14(8-20-22(17)10-12)11-3-4-16(23)18-6-11/h3-10H,1-2H3,(H,18,23). The number of fused-ring (bicyclic) bond motifs is 1. The molecule has 0 aliphatic carbocycles. The van der Waals surface area contributed by atoms with Gasteiger partial charge in [-0.25, -0.2) is 4.52 Å². The molecule has 0 unspecified atom stereocenters. The number of ether oxygens (including phenoxy) is 1. The van der Waals surface area contributed by atoms with E-state index < -0.39 is 0 Å². The third kappa shape index (κ3) is 2.26. The normalized spacial score (nSPS) is 11.1. The number of methoxy groups -OCH3 is 1. The number of H-pyrrole nitrogens is 1. The predicted octanol–water partition coefficient (Wildman–Crippen LogP) is 2.10. The van der Waals surface area contributed by atoms with Gasteiger partial charge >= 0.3 is 0 Å². The number of aryl methyl sites for hydroxylation is 1. The molecule has 0 aliphatic rings. The topological polar surface area (TPSA) is 77.2 Å². The molecule has 4 heterocycles. The van der Waals surface area contributed by atoms with E-state index in [1.807, 2.05) is 25.5 Å². The average molecular weight is 321 g/mol. The van der Waals surface area contributed by atoms with Gasteiger partial charge in [0.2, 0.25) is 5.56 Å². The van der Waals surface area contributed by atoms with Gasteiger partial charge in [0.05, 0.1) is 19.5 Å². The van der Waals surface area contributed by atoms with Crippen LogP contribution in [0, 0.1) is 0 Å². The van der Waals surface area contributed by atoms with Gasteiger partial charge in [0, 0.05) is 54.0 Å². The minimum Gasteiger partial charge on any atom is -0.494 e. The van der Waals surface area contributed by atoms with E-state index in [4.69, 9.17) is 4.74 Å². The summed E-state index contributed by atoms with van der Waals surface area (Å²) >= 11 is 0. The number of nitrogens with zero attached hydrogens (tertiary/aromatic N) is 4. The number of pyridine rings is 2. The van der Waals surface area contributed by atoms with Gasteiger partial charge in [0.25, 0.3) is 0 Å². The molecule has 0 spiro atoms. The number of hydrogen-bond acceptors (Lipinski definition) is 4. The third-order valence-corrected chi connectivity index (χ3v) is 3.93. The largest absolute Gasteiger partial charge is 0.494 e. The van der Waals surface area contributed by atoms with Crippen LogP contribution in [-0.4, -0.2) is 31.5 Å². The van der Waals surface area contributed by atoms with Crippen molar-refractivity contribution in [3.8, 4) is 28.0 Å². The van der Waals surface area contributed by atoms with Crippen molar-refractivity contribution in [2.45, 2.75) is 0 Å². The maximum absolute atomic E-state index is 11.3. The molecule has 7 heteroatoms. The monoisotopic (exact) mass is 321 g/mol. The van der Waals surface area contributed by atoms with Crippen LogP contribution in [0.3, 0.4) is 0 Å². The van der Waals surface area contributed by atoms with Gasteiger partial charge in [0.1, 0.15) is 11.3 Å². The molecule has 4 aromatic heterocycles. The van der Waals surface area contributed by atoms with Gasteiger partial charge in [0.15, 0.2) is 0 Å². The lowest BCUT2D eigenvalue weighted by atomic mass is 10.1. The lowest BCUT2D eigenvalue weighted by Crippen LogP contribution is -2.01. The van der Waals surface area contributed by atoms with Gasteiger partial charge in [-0.2, -0.15) is 10.2 Å². The van der Waals surface area contributed by atoms with E-state index >= 15 is 0 Å². The molecule has 0 saturated heterocycles. The number of aromatic nitrogens is 5. The summed E-state index contributed by atoms with van der Waals surface area (Å²) in [7, 11) is 3.51. The van der Waals surface area contributed by atoms with E-state index in [-0.39, 0.29) is 5.56 Å². The molecule has 4 rings (SSSR count). The van der Waals surface area contributed by atoms with Crippen molar-refractivity contribution in [1.82, 2.24) is 24.4 Å². The molecule has 7 nitrogen and oxygen atoms in total. The molecule has 0 radical (unpaired) electrons. The van der Waals surface area contributed by atoms with Gasteiger partial charge in [-0.3, -0.25) is 9.48 Å². The van der Waals surface area contributed by atoms with E-state index in [1.165, 1.54) is 6.07 Å². The summed E-state index contributed by atoms with van der Waals surface area (Å²) in [5.41, 5.74) is 4.42. The van der Waals surface area contributed by atoms with Crippen LogP contribution in [0.1, 0.15) is 0 Å². The van der Waals surface area contributed by atoms with Crippen LogP contribution in [0.15, 0.2) is 54.0 Å². The molecule has 0 amide bonds. The first kappa shape index (κ1) is 14.3. The number of aromatic amines is 1. The fraction of sp³-hybridized carbons (Fsp3) is 0.118. The summed E-state index contributed by atoms with van der Waals surface area (Å²) < 4.78 is 9.11. The zero-order valence-corrected chi connectivity index (χ0v) is 13.2. The van der Waals surface area contributed by atoms with Crippen LogP contribution >= 0.6 is 0 Å². The minimum atomic E-state index is -0.138. The Hall–Kier alpha value is -3.35. The van der Waals surface area contributed by atoms with Crippen LogP contribution in [0.4, 0.5) is 0 Å². The minimum absolute atomic E-state index is 0.138. The maximum Gasteiger partial charge on any atom is 0.247 e. The molecule has 120 valence electrons. The maximum atomic E-state index is 11.3. The highest BCUT2D eigenvalue weighted by Gasteiger charge is 2.14. The molecule has 0 saturated carbocycles. The van der Waals surface area contributed by atoms with Crippen molar-refractivity contribution in [3.05, 3.63) is 59.5 Å². The summed E-state index contributed by atoms with van der Waals surface area (Å²) in [6, 6.07) is 5.23. The average Bonchev–Trinajstić information content (AvgIpc) is 3.21. The first-order valence-electron chi connectivity index (χ1n) is 7.39. The second kappa shape index (κ2) is 5.38. The second-order valence-corrected chi connectivity index (χ2v) is 5.49. The first-order chi connectivity index (χ1) is 11.7. The van der Waals surface area contributed by atoms with Crippen molar-refractivity contribution in [1.29, 1.82) is 0 Å². The fourth-order valence-corrected chi connectivity index (χ4v) is 2.76. The molecule has 0 fully saturated rings. The highest BCUT2D eigenvalue weighted by atomic mass is 16.5. The van der Waals surface area contributed by atoms with Gasteiger partial charge in [-0.15, -0.1) is 0 Å². The molecular formula is C17H15N5O2. The quantitative estimate of drug-likeness (QED) is 0.627. The molecule has 4 aromatic rings. The summed E-state index contributed by atoms with van der Waals surface area (Å²) in [4.78, 5) is 14.0. The predicted molar refractivity (Wildman–Crippen MR) is 90.0 cm³/mol. The van der Waals surface area contributed by atoms with Crippen LogP contribution < -0.4 is 10.3 Å². The molecule has 0 bridgehead atoms. The molecule has 0 aromatic carbocycles. The summed E-state index contributed by atoms with van der Waals surface area (Å²) in [5, 5.41) is 8.64. The van der Waals surface area contributed by atoms with Gasteiger partial charge < -0.3 is 9.72 Å². The van der Waals surface area contributed by atoms with E-state index in [1.54, 1.807) is 41.0 Å². The Morgan fingerprint density at radius 3 is 2.62 bits per heavy atom. The van der Waals surface area contributed by atoms with Crippen LogP contribution in [0.2, 0.25) is 0 Å². The second-order valence-electron chi connectivity index (χ2n) is 5.49. The van der Waals surface area contributed by atoms with Gasteiger partial charge in [-0.1, -0.05) is 0 Å². The van der Waals surface area contributed by atoms with Crippen molar-refractivity contribution in [2.75, 3.05) is 7.11 Å². The highest BCUT2D eigenvalue weighted by molar-refractivity contribution is 5.85. The summed E-state index contributed by atoms with van der Waals surface area (Å²) in [5.74, 6) is 0.704. The number of hydrogen-bond donors (Lipinski definition) is 1. The Morgan fingerprint density at radius 2 is 1.96 bits per heavy atom. The SMILES string of the molecule is COc1cc(-c2cnn(C)c2)cn2ncc(-c3ccc(=O)[nH]c3)c12. The summed E-state index contributed by atoms with van der Waals surface area (Å²) in [6.07, 6.45) is 9.11. The zero-order valence-electron chi connectivity index (χ0n) is 13.2. The van der Waals surface area contributed by atoms with Crippen LogP contribution in [-0.2, 0) is 7.05 Å². The van der Waals surface area contributed by atoms with E-state index in [0.29, 0.717) is 5.75 Å². The molecule has 0 atom stereocenters. The lowest BCUT2D eigenvalue weighted by Gasteiger charge is -2.08. The van der Waals surface area contributed by atoms with E-state index in [0.717, 1.165) is 27.8 Å². The van der Waals surface area contributed by atoms with E-state index in [9.17, 15) is 4.79 Å². The Labute approximate surface area is 137 Å². The van der Waals surface area contributed by atoms with Crippen molar-refractivity contribution in [3.63, 3.8) is 0 Å². The highest BCUT2D eigenvalue weighted by Crippen LogP contribution is 2.33. The molecular weight excluding hydrogens is 306 g/mol. The lowest BCUT2D eigenvalue weighted by molar-refractivity contribution is 0.418. The number of nitrogens with one attached hydrogen (secondary N) is 1. The molecule has 24 heavy (non-hydrogen) atoms. The Kier molecular flexibility index (Phi) is 3.19. The Bertz CT molecular complexity index is 1070. The Balaban J connectivity index is 1.93. The van der Waals surface area contributed by atoms with Crippen molar-refractivity contribution >= 4 is 5.52 Å². The Morgan fingerprint density at radius 1 is 1.08 bits per heavy atom. The van der Waals surface area contributed by atoms with Crippen molar-refractivity contribution in [2.24, 2.45) is 7.05 Å². The van der Waals surface area contributed by atoms with Crippen LogP contribution in [0.25, 0.3) is 27.8 Å². The smallest absolute Gasteiger partial charge is 0.247 e. The molecule has 1 N–H and O–H groups in total. The fourth-order valence-electron chi connectivity index (χ4n) is 2.76. The zero-order chi connectivity index (χ0) is 16.7. The van der Waals surface area contributed by atoms with Crippen LogP contribution in [0.5, 0.6) is 5.75 Å². The third-order valence-electron chi connectivity index (χ3n) is 3.93. The van der Waals surface area contributed by atoms with E-state index in [2.05, 4.69) is 15.2 Å².